The Balaban J connectivity index is 1.97. The molecule has 0 radical (unpaired) electrons. The van der Waals surface area contributed by atoms with Gasteiger partial charge in [-0.3, -0.25) is 0 Å². The average molecular weight is 555 g/mol. The maximum Gasteiger partial charge on any atom is 0.139 e. The van der Waals surface area contributed by atoms with Gasteiger partial charge in [-0.25, -0.2) is 0 Å². The summed E-state index contributed by atoms with van der Waals surface area (Å²) >= 11 is 0. The Hall–Kier alpha value is -4.65. The molecule has 1 aliphatic carbocycles. The van der Waals surface area contributed by atoms with Gasteiger partial charge in [-0.2, -0.15) is 0 Å². The first kappa shape index (κ1) is 27.9. The number of aldehydes is 1. The monoisotopic (exact) mass is 554 g/mol. The Labute approximate surface area is 240 Å². The van der Waals surface area contributed by atoms with E-state index in [2.05, 4.69) is 12.1 Å². The van der Waals surface area contributed by atoms with Crippen molar-refractivity contribution in [2.45, 2.75) is 17.8 Å². The van der Waals surface area contributed by atoms with Crippen molar-refractivity contribution in [3.63, 3.8) is 0 Å². The highest BCUT2D eigenvalue weighted by Crippen LogP contribution is 2.54. The van der Waals surface area contributed by atoms with Crippen LogP contribution in [0.3, 0.4) is 0 Å². The van der Waals surface area contributed by atoms with E-state index in [1.165, 1.54) is 0 Å². The van der Waals surface area contributed by atoms with Crippen molar-refractivity contribution in [3.8, 4) is 34.5 Å². The third-order valence-electron chi connectivity index (χ3n) is 8.02. The van der Waals surface area contributed by atoms with Crippen LogP contribution in [0.1, 0.15) is 39.3 Å². The summed E-state index contributed by atoms with van der Waals surface area (Å²) in [6.07, 6.45) is 1.55. The lowest BCUT2D eigenvalue weighted by Crippen LogP contribution is -2.33. The van der Waals surface area contributed by atoms with Crippen molar-refractivity contribution in [1.82, 2.24) is 0 Å². The summed E-state index contributed by atoms with van der Waals surface area (Å²) in [7, 11) is 9.74. The van der Waals surface area contributed by atoms with E-state index >= 15 is 0 Å². The summed E-state index contributed by atoms with van der Waals surface area (Å²) in [5.41, 5.74) is 3.81. The second kappa shape index (κ2) is 11.5. The molecule has 0 fully saturated rings. The maximum absolute atomic E-state index is 13.8. The highest BCUT2D eigenvalue weighted by molar-refractivity contribution is 5.87. The van der Waals surface area contributed by atoms with Crippen molar-refractivity contribution < 1.29 is 33.2 Å². The van der Waals surface area contributed by atoms with Crippen LogP contribution in [-0.4, -0.2) is 48.9 Å². The zero-order valence-corrected chi connectivity index (χ0v) is 24.1. The number of ether oxygens (including phenoxy) is 6. The third kappa shape index (κ3) is 4.61. The van der Waals surface area contributed by atoms with Crippen molar-refractivity contribution in [2.75, 3.05) is 42.7 Å². The number of methoxy groups -OCH3 is 6. The van der Waals surface area contributed by atoms with Gasteiger partial charge in [0.15, 0.2) is 0 Å². The van der Waals surface area contributed by atoms with Crippen LogP contribution < -0.4 is 28.4 Å². The molecule has 4 aromatic rings. The summed E-state index contributed by atoms with van der Waals surface area (Å²) in [5, 5.41) is 0. The minimum absolute atomic E-state index is 0.188. The Bertz CT molecular complexity index is 1540. The van der Waals surface area contributed by atoms with Crippen molar-refractivity contribution in [1.29, 1.82) is 0 Å². The largest absolute Gasteiger partial charge is 0.497 e. The van der Waals surface area contributed by atoms with E-state index in [9.17, 15) is 4.79 Å². The highest BCUT2D eigenvalue weighted by Gasteiger charge is 2.47. The van der Waals surface area contributed by atoms with E-state index in [0.717, 1.165) is 45.4 Å². The summed E-state index contributed by atoms with van der Waals surface area (Å²) in [6, 6.07) is 23.2. The zero-order chi connectivity index (χ0) is 29.1. The lowest BCUT2D eigenvalue weighted by Gasteiger charge is -2.34. The number of carbonyl (C=O) groups excluding carboxylic acids is 1. The lowest BCUT2D eigenvalue weighted by atomic mass is 9.68. The van der Waals surface area contributed by atoms with Gasteiger partial charge in [0.25, 0.3) is 0 Å². The summed E-state index contributed by atoms with van der Waals surface area (Å²) in [5.74, 6) is 3.64. The van der Waals surface area contributed by atoms with Gasteiger partial charge in [0.2, 0.25) is 0 Å². The van der Waals surface area contributed by atoms with Gasteiger partial charge in [0.05, 0.1) is 42.7 Å². The molecule has 0 unspecified atom stereocenters. The molecular weight excluding hydrogens is 520 g/mol. The number of benzene rings is 4. The van der Waals surface area contributed by atoms with E-state index < -0.39 is 5.41 Å². The number of carbonyl (C=O) groups is 1. The van der Waals surface area contributed by atoms with Crippen LogP contribution in [0, 0.1) is 0 Å². The molecule has 0 heterocycles. The first-order valence-electron chi connectivity index (χ1n) is 13.2. The first-order chi connectivity index (χ1) is 20.0. The van der Waals surface area contributed by atoms with Gasteiger partial charge >= 0.3 is 0 Å². The molecule has 5 rings (SSSR count). The second-order valence-electron chi connectivity index (χ2n) is 9.84. The van der Waals surface area contributed by atoms with E-state index in [-0.39, 0.29) is 5.92 Å². The number of fused-ring (bicyclic) bond motifs is 2. The smallest absolute Gasteiger partial charge is 0.139 e. The second-order valence-corrected chi connectivity index (χ2v) is 9.84. The zero-order valence-electron chi connectivity index (χ0n) is 24.1. The van der Waals surface area contributed by atoms with E-state index in [1.54, 1.807) is 42.7 Å². The molecule has 41 heavy (non-hydrogen) atoms. The molecule has 0 bridgehead atoms. The van der Waals surface area contributed by atoms with Crippen molar-refractivity contribution in [2.24, 2.45) is 0 Å². The topological polar surface area (TPSA) is 72.5 Å². The van der Waals surface area contributed by atoms with Gasteiger partial charge in [0, 0.05) is 29.2 Å². The Morgan fingerprint density at radius 3 is 1.71 bits per heavy atom. The van der Waals surface area contributed by atoms with E-state index in [0.29, 0.717) is 35.2 Å². The summed E-state index contributed by atoms with van der Waals surface area (Å²) in [4.78, 5) is 13.8. The molecule has 2 atom stereocenters. The molecule has 7 heteroatoms. The average Bonchev–Trinajstić information content (AvgIpc) is 3.16. The number of rotatable bonds is 9. The van der Waals surface area contributed by atoms with Crippen LogP contribution >= 0.6 is 0 Å². The van der Waals surface area contributed by atoms with Crippen LogP contribution in [-0.2, 0) is 16.6 Å². The van der Waals surface area contributed by atoms with Crippen LogP contribution in [0.4, 0.5) is 0 Å². The Kier molecular flexibility index (Phi) is 7.79. The standard InChI is InChI=1S/C34H34O7/c1-36-24-11-7-21(8-12-24)28-16-22-15-26(38-3)19-31(41-6)33(22)34(20-35,23-9-13-25(37-2)14-10-23)29-17-27(39-4)18-30(40-5)32(28)29/h7-15,17-20,28H,16H2,1-6H3/t28-,34+/m0/s1. The Morgan fingerprint density at radius 1 is 0.634 bits per heavy atom. The molecule has 0 amide bonds. The normalized spacial score (nSPS) is 17.4. The quantitative estimate of drug-likeness (QED) is 0.237. The third-order valence-corrected chi connectivity index (χ3v) is 8.02. The minimum atomic E-state index is -1.28. The number of hydrogen-bond donors (Lipinski definition) is 0. The Morgan fingerprint density at radius 2 is 1.17 bits per heavy atom. The minimum Gasteiger partial charge on any atom is -0.497 e. The van der Waals surface area contributed by atoms with Gasteiger partial charge < -0.3 is 33.2 Å². The highest BCUT2D eigenvalue weighted by atomic mass is 16.5. The predicted octanol–water partition coefficient (Wildman–Crippen LogP) is 5.96. The fourth-order valence-corrected chi connectivity index (χ4v) is 6.03. The van der Waals surface area contributed by atoms with E-state index in [1.807, 2.05) is 60.7 Å². The molecule has 0 aliphatic heterocycles. The molecule has 212 valence electrons. The summed E-state index contributed by atoms with van der Waals surface area (Å²) in [6.45, 7) is 0. The fourth-order valence-electron chi connectivity index (χ4n) is 6.03. The molecule has 0 spiro atoms. The lowest BCUT2D eigenvalue weighted by molar-refractivity contribution is -0.110. The van der Waals surface area contributed by atoms with Crippen LogP contribution in [0.5, 0.6) is 34.5 Å². The van der Waals surface area contributed by atoms with Crippen molar-refractivity contribution >= 4 is 6.29 Å². The van der Waals surface area contributed by atoms with E-state index in [4.69, 9.17) is 28.4 Å². The first-order valence-corrected chi connectivity index (χ1v) is 13.2. The molecule has 0 N–H and O–H groups in total. The van der Waals surface area contributed by atoms with Gasteiger partial charge in [0.1, 0.15) is 46.2 Å². The maximum atomic E-state index is 13.8. The molecule has 0 saturated heterocycles. The molecule has 0 aromatic heterocycles. The molecule has 4 aromatic carbocycles. The van der Waals surface area contributed by atoms with Gasteiger partial charge in [-0.05, 0) is 65.1 Å². The van der Waals surface area contributed by atoms with Crippen LogP contribution in [0.25, 0.3) is 0 Å². The predicted molar refractivity (Wildman–Crippen MR) is 157 cm³/mol. The van der Waals surface area contributed by atoms with Gasteiger partial charge in [-0.15, -0.1) is 0 Å². The number of hydrogen-bond acceptors (Lipinski definition) is 7. The summed E-state index contributed by atoms with van der Waals surface area (Å²) < 4.78 is 34.3. The molecule has 7 nitrogen and oxygen atoms in total. The SMILES string of the molecule is COc1ccc([C@@H]2Cc3cc(OC)cc(OC)c3[C@](C=O)(c3ccc(OC)cc3)c3cc(OC)cc(OC)c32)cc1. The van der Waals surface area contributed by atoms with Crippen LogP contribution in [0.2, 0.25) is 0 Å². The fraction of sp³-hybridized carbons (Fsp3) is 0.265. The molecule has 1 aliphatic rings. The van der Waals surface area contributed by atoms with Gasteiger partial charge in [-0.1, -0.05) is 24.3 Å². The molecular formula is C34H34O7. The van der Waals surface area contributed by atoms with Crippen molar-refractivity contribution in [3.05, 3.63) is 106 Å². The van der Waals surface area contributed by atoms with Crippen LogP contribution in [0.15, 0.2) is 72.8 Å². The molecule has 0 saturated carbocycles.